The Morgan fingerprint density at radius 2 is 1.91 bits per heavy atom. The molecule has 0 saturated carbocycles. The molecule has 0 unspecified atom stereocenters. The summed E-state index contributed by atoms with van der Waals surface area (Å²) >= 11 is 0. The van der Waals surface area contributed by atoms with E-state index in [0.717, 1.165) is 0 Å². The molecule has 120 valence electrons. The van der Waals surface area contributed by atoms with E-state index in [0.29, 0.717) is 40.9 Å². The molecule has 0 atom stereocenters. The lowest BCUT2D eigenvalue weighted by atomic mass is 10.2. The number of esters is 1. The molecule has 6 heteroatoms. The van der Waals surface area contributed by atoms with Crippen molar-refractivity contribution in [1.82, 2.24) is 0 Å². The molecule has 0 N–H and O–H groups in total. The van der Waals surface area contributed by atoms with Gasteiger partial charge in [0.1, 0.15) is 5.75 Å². The van der Waals surface area contributed by atoms with Crippen molar-refractivity contribution in [3.05, 3.63) is 42.0 Å². The van der Waals surface area contributed by atoms with Crippen molar-refractivity contribution >= 4 is 5.97 Å². The van der Waals surface area contributed by atoms with E-state index in [2.05, 4.69) is 0 Å². The van der Waals surface area contributed by atoms with Crippen molar-refractivity contribution in [2.24, 2.45) is 0 Å². The van der Waals surface area contributed by atoms with Crippen molar-refractivity contribution in [2.45, 2.75) is 6.92 Å². The first kappa shape index (κ1) is 15.0. The highest BCUT2D eigenvalue weighted by atomic mass is 16.7. The van der Waals surface area contributed by atoms with E-state index in [1.165, 1.54) is 7.11 Å². The van der Waals surface area contributed by atoms with Gasteiger partial charge in [0.2, 0.25) is 6.79 Å². The zero-order valence-electron chi connectivity index (χ0n) is 12.8. The second kappa shape index (κ2) is 6.48. The minimum absolute atomic E-state index is 0.169. The Morgan fingerprint density at radius 1 is 1.09 bits per heavy atom. The van der Waals surface area contributed by atoms with Crippen LogP contribution in [0.15, 0.2) is 36.4 Å². The predicted molar refractivity (Wildman–Crippen MR) is 81.7 cm³/mol. The SMILES string of the molecule is CCOc1ccc(C(=O)Oc2ccc3c(c2)OCO3)cc1OC. The van der Waals surface area contributed by atoms with Gasteiger partial charge in [-0.1, -0.05) is 0 Å². The molecule has 23 heavy (non-hydrogen) atoms. The number of hydrogen-bond acceptors (Lipinski definition) is 6. The predicted octanol–water partition coefficient (Wildman–Crippen LogP) is 3.04. The van der Waals surface area contributed by atoms with Gasteiger partial charge in [0, 0.05) is 6.07 Å². The number of hydrogen-bond donors (Lipinski definition) is 0. The molecule has 1 aliphatic rings. The summed E-state index contributed by atoms with van der Waals surface area (Å²) in [6.45, 7) is 2.56. The van der Waals surface area contributed by atoms with Gasteiger partial charge in [-0.3, -0.25) is 0 Å². The van der Waals surface area contributed by atoms with Gasteiger partial charge >= 0.3 is 5.97 Å². The molecular weight excluding hydrogens is 300 g/mol. The first-order valence-electron chi connectivity index (χ1n) is 7.14. The van der Waals surface area contributed by atoms with Gasteiger partial charge in [0.25, 0.3) is 0 Å². The molecule has 1 aliphatic heterocycles. The summed E-state index contributed by atoms with van der Waals surface area (Å²) in [4.78, 5) is 12.3. The van der Waals surface area contributed by atoms with Crippen LogP contribution in [-0.2, 0) is 0 Å². The van der Waals surface area contributed by atoms with Gasteiger partial charge in [-0.25, -0.2) is 4.79 Å². The van der Waals surface area contributed by atoms with Gasteiger partial charge in [0.05, 0.1) is 19.3 Å². The topological polar surface area (TPSA) is 63.2 Å². The molecule has 3 rings (SSSR count). The molecule has 2 aromatic carbocycles. The summed E-state index contributed by atoms with van der Waals surface area (Å²) in [5, 5.41) is 0. The number of benzene rings is 2. The molecule has 0 radical (unpaired) electrons. The molecule has 0 amide bonds. The average Bonchev–Trinajstić information content (AvgIpc) is 3.03. The smallest absolute Gasteiger partial charge is 0.343 e. The van der Waals surface area contributed by atoms with E-state index in [1.54, 1.807) is 36.4 Å². The maximum absolute atomic E-state index is 12.3. The Bertz CT molecular complexity index is 725. The van der Waals surface area contributed by atoms with Crippen molar-refractivity contribution in [3.8, 4) is 28.7 Å². The highest BCUT2D eigenvalue weighted by Gasteiger charge is 2.17. The Balaban J connectivity index is 1.77. The van der Waals surface area contributed by atoms with Crippen LogP contribution in [0.25, 0.3) is 0 Å². The second-order valence-corrected chi connectivity index (χ2v) is 4.70. The Hall–Kier alpha value is -2.89. The highest BCUT2D eigenvalue weighted by molar-refractivity contribution is 5.92. The van der Waals surface area contributed by atoms with E-state index >= 15 is 0 Å². The van der Waals surface area contributed by atoms with E-state index in [4.69, 9.17) is 23.7 Å². The van der Waals surface area contributed by atoms with Crippen molar-refractivity contribution in [3.63, 3.8) is 0 Å². The van der Waals surface area contributed by atoms with Gasteiger partial charge in [0.15, 0.2) is 23.0 Å². The molecule has 0 spiro atoms. The van der Waals surface area contributed by atoms with Gasteiger partial charge in [-0.2, -0.15) is 0 Å². The van der Waals surface area contributed by atoms with Crippen molar-refractivity contribution in [1.29, 1.82) is 0 Å². The first-order chi connectivity index (χ1) is 11.2. The molecule has 0 aliphatic carbocycles. The molecule has 1 heterocycles. The van der Waals surface area contributed by atoms with Crippen molar-refractivity contribution < 1.29 is 28.5 Å². The van der Waals surface area contributed by atoms with Crippen LogP contribution in [0.3, 0.4) is 0 Å². The maximum atomic E-state index is 12.3. The number of fused-ring (bicyclic) bond motifs is 1. The fourth-order valence-electron chi connectivity index (χ4n) is 2.18. The standard InChI is InChI=1S/C17H16O6/c1-3-20-13-6-4-11(8-15(13)19-2)17(18)23-12-5-7-14-16(9-12)22-10-21-14/h4-9H,3,10H2,1-2H3. The van der Waals surface area contributed by atoms with Crippen LogP contribution < -0.4 is 23.7 Å². The lowest BCUT2D eigenvalue weighted by molar-refractivity contribution is 0.0734. The lowest BCUT2D eigenvalue weighted by Gasteiger charge is -2.11. The maximum Gasteiger partial charge on any atom is 0.343 e. The van der Waals surface area contributed by atoms with Crippen LogP contribution in [0.5, 0.6) is 28.7 Å². The molecule has 0 saturated heterocycles. The van der Waals surface area contributed by atoms with Crippen LogP contribution in [0.2, 0.25) is 0 Å². The van der Waals surface area contributed by atoms with Crippen LogP contribution >= 0.6 is 0 Å². The van der Waals surface area contributed by atoms with E-state index in [1.807, 2.05) is 6.92 Å². The third kappa shape index (κ3) is 3.15. The van der Waals surface area contributed by atoms with E-state index < -0.39 is 5.97 Å². The highest BCUT2D eigenvalue weighted by Crippen LogP contribution is 2.35. The summed E-state index contributed by atoms with van der Waals surface area (Å²) in [6.07, 6.45) is 0. The summed E-state index contributed by atoms with van der Waals surface area (Å²) in [7, 11) is 1.52. The molecule has 6 nitrogen and oxygen atoms in total. The summed E-state index contributed by atoms with van der Waals surface area (Å²) in [5.74, 6) is 2.13. The number of carbonyl (C=O) groups is 1. The number of rotatable bonds is 5. The quantitative estimate of drug-likeness (QED) is 0.624. The monoisotopic (exact) mass is 316 g/mol. The normalized spacial score (nSPS) is 11.9. The van der Waals surface area contributed by atoms with Crippen LogP contribution in [0.1, 0.15) is 17.3 Å². The zero-order valence-corrected chi connectivity index (χ0v) is 12.8. The van der Waals surface area contributed by atoms with Gasteiger partial charge in [-0.05, 0) is 37.3 Å². The molecule has 0 aromatic heterocycles. The Kier molecular flexibility index (Phi) is 4.23. The first-order valence-corrected chi connectivity index (χ1v) is 7.14. The molecule has 0 bridgehead atoms. The largest absolute Gasteiger partial charge is 0.493 e. The van der Waals surface area contributed by atoms with E-state index in [9.17, 15) is 4.79 Å². The fourth-order valence-corrected chi connectivity index (χ4v) is 2.18. The minimum Gasteiger partial charge on any atom is -0.493 e. The molecular formula is C17H16O6. The van der Waals surface area contributed by atoms with E-state index in [-0.39, 0.29) is 6.79 Å². The molecule has 0 fully saturated rings. The zero-order chi connectivity index (χ0) is 16.2. The lowest BCUT2D eigenvalue weighted by Crippen LogP contribution is -2.09. The van der Waals surface area contributed by atoms with Crippen LogP contribution in [-0.4, -0.2) is 26.5 Å². The minimum atomic E-state index is -0.495. The summed E-state index contributed by atoms with van der Waals surface area (Å²) in [6, 6.07) is 9.86. The van der Waals surface area contributed by atoms with Gasteiger partial charge < -0.3 is 23.7 Å². The second-order valence-electron chi connectivity index (χ2n) is 4.70. The summed E-state index contributed by atoms with van der Waals surface area (Å²) in [5.41, 5.74) is 0.364. The Morgan fingerprint density at radius 3 is 2.70 bits per heavy atom. The number of methoxy groups -OCH3 is 1. The third-order valence-electron chi connectivity index (χ3n) is 3.25. The fraction of sp³-hybridized carbons (Fsp3) is 0.235. The molecule has 2 aromatic rings. The number of ether oxygens (including phenoxy) is 5. The van der Waals surface area contributed by atoms with Crippen molar-refractivity contribution in [2.75, 3.05) is 20.5 Å². The van der Waals surface area contributed by atoms with Crippen LogP contribution in [0.4, 0.5) is 0 Å². The number of carbonyl (C=O) groups excluding carboxylic acids is 1. The van der Waals surface area contributed by atoms with Gasteiger partial charge in [-0.15, -0.1) is 0 Å². The average molecular weight is 316 g/mol. The van der Waals surface area contributed by atoms with Crippen LogP contribution in [0, 0.1) is 0 Å². The summed E-state index contributed by atoms with van der Waals surface area (Å²) < 4.78 is 26.5. The third-order valence-corrected chi connectivity index (χ3v) is 3.25. The Labute approximate surface area is 133 Å².